The Hall–Kier alpha value is -0.980. The molecular formula is C18H30O. The van der Waals surface area contributed by atoms with Crippen LogP contribution < -0.4 is 0 Å². The van der Waals surface area contributed by atoms with Gasteiger partial charge in [-0.05, 0) is 30.0 Å². The molecule has 19 heavy (non-hydrogen) atoms. The average molecular weight is 262 g/mol. The van der Waals surface area contributed by atoms with E-state index in [4.69, 9.17) is 0 Å². The molecule has 0 bridgehead atoms. The standard InChI is InChI=1S/C18H30O/c1-3-4-5-6-7-8-9-10-12-16(2)17-13-11-14-18(19)15-17/h11,13-16,19H,3-10,12H2,1-2H3. The molecule has 1 rings (SSSR count). The number of unbranched alkanes of at least 4 members (excludes halogenated alkanes) is 7. The molecule has 0 aromatic heterocycles. The van der Waals surface area contributed by atoms with Gasteiger partial charge in [0.25, 0.3) is 0 Å². The first-order valence-electron chi connectivity index (χ1n) is 8.03. The molecule has 0 spiro atoms. The third kappa shape index (κ3) is 7.25. The topological polar surface area (TPSA) is 20.2 Å². The minimum atomic E-state index is 0.389. The van der Waals surface area contributed by atoms with E-state index >= 15 is 0 Å². The van der Waals surface area contributed by atoms with E-state index in [1.807, 2.05) is 12.1 Å². The minimum Gasteiger partial charge on any atom is -0.508 e. The molecule has 108 valence electrons. The van der Waals surface area contributed by atoms with Crippen LogP contribution in [0.5, 0.6) is 5.75 Å². The summed E-state index contributed by atoms with van der Waals surface area (Å²) in [6, 6.07) is 7.70. The number of benzene rings is 1. The maximum Gasteiger partial charge on any atom is 0.115 e. The molecule has 0 amide bonds. The number of phenolic OH excluding ortho intramolecular Hbond substituents is 1. The van der Waals surface area contributed by atoms with Crippen molar-refractivity contribution in [3.63, 3.8) is 0 Å². The highest BCUT2D eigenvalue weighted by atomic mass is 16.3. The van der Waals surface area contributed by atoms with Gasteiger partial charge in [0.15, 0.2) is 0 Å². The van der Waals surface area contributed by atoms with Crippen LogP contribution in [0, 0.1) is 0 Å². The molecule has 0 saturated carbocycles. The second-order valence-corrected chi connectivity index (χ2v) is 5.76. The van der Waals surface area contributed by atoms with Crippen molar-refractivity contribution < 1.29 is 5.11 Å². The zero-order valence-corrected chi connectivity index (χ0v) is 12.7. The van der Waals surface area contributed by atoms with Gasteiger partial charge in [0.05, 0.1) is 0 Å². The van der Waals surface area contributed by atoms with E-state index in [-0.39, 0.29) is 0 Å². The van der Waals surface area contributed by atoms with Crippen LogP contribution in [0.3, 0.4) is 0 Å². The number of aromatic hydroxyl groups is 1. The van der Waals surface area contributed by atoms with Gasteiger partial charge < -0.3 is 5.11 Å². The summed E-state index contributed by atoms with van der Waals surface area (Å²) in [5.41, 5.74) is 1.27. The van der Waals surface area contributed by atoms with Crippen molar-refractivity contribution in [2.24, 2.45) is 0 Å². The summed E-state index contributed by atoms with van der Waals surface area (Å²) >= 11 is 0. The van der Waals surface area contributed by atoms with Crippen molar-refractivity contribution in [3.8, 4) is 5.75 Å². The molecule has 0 heterocycles. The average Bonchev–Trinajstić information content (AvgIpc) is 2.41. The smallest absolute Gasteiger partial charge is 0.115 e. The number of hydrogen-bond acceptors (Lipinski definition) is 1. The molecular weight excluding hydrogens is 232 g/mol. The lowest BCUT2D eigenvalue weighted by molar-refractivity contribution is 0.473. The molecule has 0 aliphatic carbocycles. The Kier molecular flexibility index (Phi) is 8.36. The van der Waals surface area contributed by atoms with Gasteiger partial charge in [-0.15, -0.1) is 0 Å². The van der Waals surface area contributed by atoms with Crippen LogP contribution in [0.25, 0.3) is 0 Å². The summed E-state index contributed by atoms with van der Waals surface area (Å²) in [6.07, 6.45) is 12.2. The second kappa shape index (κ2) is 9.89. The maximum absolute atomic E-state index is 9.47. The van der Waals surface area contributed by atoms with Crippen molar-refractivity contribution in [2.45, 2.75) is 77.6 Å². The second-order valence-electron chi connectivity index (χ2n) is 5.76. The van der Waals surface area contributed by atoms with E-state index in [2.05, 4.69) is 19.9 Å². The Bertz CT molecular complexity index is 332. The monoisotopic (exact) mass is 262 g/mol. The highest BCUT2D eigenvalue weighted by Crippen LogP contribution is 2.24. The Morgan fingerprint density at radius 2 is 1.58 bits per heavy atom. The predicted octanol–water partition coefficient (Wildman–Crippen LogP) is 6.03. The van der Waals surface area contributed by atoms with Gasteiger partial charge >= 0.3 is 0 Å². The Morgan fingerprint density at radius 1 is 0.947 bits per heavy atom. The largest absolute Gasteiger partial charge is 0.508 e. The summed E-state index contributed by atoms with van der Waals surface area (Å²) < 4.78 is 0. The molecule has 1 atom stereocenters. The van der Waals surface area contributed by atoms with Gasteiger partial charge in [-0.25, -0.2) is 0 Å². The van der Waals surface area contributed by atoms with Crippen molar-refractivity contribution in [2.75, 3.05) is 0 Å². The molecule has 1 N–H and O–H groups in total. The van der Waals surface area contributed by atoms with Gasteiger partial charge in [0.1, 0.15) is 5.75 Å². The zero-order valence-electron chi connectivity index (χ0n) is 12.7. The first kappa shape index (κ1) is 16.1. The summed E-state index contributed by atoms with van der Waals surface area (Å²) in [6.45, 7) is 4.53. The quantitative estimate of drug-likeness (QED) is 0.511. The molecule has 1 heteroatoms. The minimum absolute atomic E-state index is 0.389. The molecule has 1 nitrogen and oxygen atoms in total. The zero-order chi connectivity index (χ0) is 13.9. The van der Waals surface area contributed by atoms with Crippen LogP contribution in [0.2, 0.25) is 0 Å². The van der Waals surface area contributed by atoms with Gasteiger partial charge in [-0.2, -0.15) is 0 Å². The molecule has 0 fully saturated rings. The summed E-state index contributed by atoms with van der Waals surface area (Å²) in [5.74, 6) is 0.951. The first-order valence-corrected chi connectivity index (χ1v) is 8.03. The predicted molar refractivity (Wildman–Crippen MR) is 83.7 cm³/mol. The lowest BCUT2D eigenvalue weighted by Gasteiger charge is -2.12. The van der Waals surface area contributed by atoms with Crippen LogP contribution >= 0.6 is 0 Å². The van der Waals surface area contributed by atoms with Gasteiger partial charge in [-0.1, -0.05) is 77.3 Å². The van der Waals surface area contributed by atoms with Crippen LogP contribution in [-0.4, -0.2) is 5.11 Å². The fourth-order valence-corrected chi connectivity index (χ4v) is 2.58. The summed E-state index contributed by atoms with van der Waals surface area (Å²) in [5, 5.41) is 9.47. The van der Waals surface area contributed by atoms with Crippen LogP contribution in [-0.2, 0) is 0 Å². The lowest BCUT2D eigenvalue weighted by Crippen LogP contribution is -1.93. The van der Waals surface area contributed by atoms with Crippen LogP contribution in [0.15, 0.2) is 24.3 Å². The number of hydrogen-bond donors (Lipinski definition) is 1. The number of phenols is 1. The van der Waals surface area contributed by atoms with Crippen molar-refractivity contribution in [1.29, 1.82) is 0 Å². The lowest BCUT2D eigenvalue weighted by atomic mass is 9.94. The van der Waals surface area contributed by atoms with E-state index in [0.29, 0.717) is 11.7 Å². The number of rotatable bonds is 10. The molecule has 1 unspecified atom stereocenters. The van der Waals surface area contributed by atoms with E-state index in [1.165, 1.54) is 63.4 Å². The third-order valence-corrected chi connectivity index (χ3v) is 3.93. The summed E-state index contributed by atoms with van der Waals surface area (Å²) in [4.78, 5) is 0. The molecule has 1 aromatic carbocycles. The molecule has 0 saturated heterocycles. The molecule has 0 aliphatic heterocycles. The molecule has 1 aromatic rings. The van der Waals surface area contributed by atoms with Crippen molar-refractivity contribution >= 4 is 0 Å². The fourth-order valence-electron chi connectivity index (χ4n) is 2.58. The highest BCUT2D eigenvalue weighted by molar-refractivity contribution is 5.29. The van der Waals surface area contributed by atoms with Gasteiger partial charge in [-0.3, -0.25) is 0 Å². The van der Waals surface area contributed by atoms with E-state index < -0.39 is 0 Å². The van der Waals surface area contributed by atoms with E-state index in [0.717, 1.165) is 0 Å². The SMILES string of the molecule is CCCCCCCCCCC(C)c1cccc(O)c1. The van der Waals surface area contributed by atoms with Crippen molar-refractivity contribution in [3.05, 3.63) is 29.8 Å². The van der Waals surface area contributed by atoms with Gasteiger partial charge in [0, 0.05) is 0 Å². The maximum atomic E-state index is 9.47. The van der Waals surface area contributed by atoms with Crippen LogP contribution in [0.4, 0.5) is 0 Å². The van der Waals surface area contributed by atoms with Crippen molar-refractivity contribution in [1.82, 2.24) is 0 Å². The van der Waals surface area contributed by atoms with E-state index in [1.54, 1.807) is 6.07 Å². The fraction of sp³-hybridized carbons (Fsp3) is 0.667. The first-order chi connectivity index (χ1) is 9.24. The Morgan fingerprint density at radius 3 is 2.21 bits per heavy atom. The molecule has 0 radical (unpaired) electrons. The Labute approximate surface area is 119 Å². The normalized spacial score (nSPS) is 12.5. The van der Waals surface area contributed by atoms with Gasteiger partial charge in [0.2, 0.25) is 0 Å². The Balaban J connectivity index is 2.06. The third-order valence-electron chi connectivity index (χ3n) is 3.93. The summed E-state index contributed by atoms with van der Waals surface area (Å²) in [7, 11) is 0. The van der Waals surface area contributed by atoms with E-state index in [9.17, 15) is 5.11 Å². The van der Waals surface area contributed by atoms with Crippen LogP contribution in [0.1, 0.15) is 83.1 Å². The highest BCUT2D eigenvalue weighted by Gasteiger charge is 2.05. The molecule has 0 aliphatic rings.